The first-order valence-electron chi connectivity index (χ1n) is 12.7. The molecule has 0 saturated carbocycles. The number of likely N-dealkylation sites (N-methyl/N-ethyl adjacent to an activating group) is 1. The molecule has 1 aromatic rings. The summed E-state index contributed by atoms with van der Waals surface area (Å²) in [5, 5.41) is 2.57. The first kappa shape index (κ1) is 26.1. The van der Waals surface area contributed by atoms with E-state index in [1.54, 1.807) is 14.2 Å². The van der Waals surface area contributed by atoms with E-state index in [0.29, 0.717) is 42.9 Å². The summed E-state index contributed by atoms with van der Waals surface area (Å²) in [4.78, 5) is 41.8. The smallest absolute Gasteiger partial charge is 0.257 e. The second-order valence-corrected chi connectivity index (χ2v) is 11.7. The van der Waals surface area contributed by atoms with E-state index >= 15 is 0 Å². The van der Waals surface area contributed by atoms with Gasteiger partial charge in [0.15, 0.2) is 18.2 Å². The Labute approximate surface area is 213 Å². The van der Waals surface area contributed by atoms with Gasteiger partial charge < -0.3 is 19.7 Å². The number of ketones is 2. The van der Waals surface area contributed by atoms with Gasteiger partial charge in [0.1, 0.15) is 5.75 Å². The van der Waals surface area contributed by atoms with Crippen molar-refractivity contribution in [1.29, 1.82) is 0 Å². The molecule has 1 aromatic carbocycles. The van der Waals surface area contributed by atoms with Crippen LogP contribution in [0.1, 0.15) is 64.9 Å². The molecule has 1 amide bonds. The molecule has 0 bridgehead atoms. The summed E-state index contributed by atoms with van der Waals surface area (Å²) < 4.78 is 11.4. The lowest BCUT2D eigenvalue weighted by Crippen LogP contribution is -2.45. The number of nitrogens with zero attached hydrogens (tertiary/aromatic N) is 1. The van der Waals surface area contributed by atoms with E-state index in [0.717, 1.165) is 29.8 Å². The van der Waals surface area contributed by atoms with Crippen LogP contribution in [0.5, 0.6) is 5.75 Å². The number of nitrogens with one attached hydrogen (secondary N) is 1. The van der Waals surface area contributed by atoms with Crippen molar-refractivity contribution in [2.75, 3.05) is 33.9 Å². The van der Waals surface area contributed by atoms with E-state index in [9.17, 15) is 14.4 Å². The normalized spacial score (nSPS) is 21.3. The lowest BCUT2D eigenvalue weighted by molar-refractivity contribution is -0.123. The lowest BCUT2D eigenvalue weighted by Gasteiger charge is -2.49. The summed E-state index contributed by atoms with van der Waals surface area (Å²) in [6.45, 7) is 9.43. The molecule has 0 radical (unpaired) electrons. The minimum Gasteiger partial charge on any atom is -0.483 e. The molecule has 0 aromatic heterocycles. The average molecular weight is 495 g/mol. The van der Waals surface area contributed by atoms with Crippen LogP contribution in [-0.4, -0.2) is 56.3 Å². The second-order valence-electron chi connectivity index (χ2n) is 11.7. The van der Waals surface area contributed by atoms with Crippen molar-refractivity contribution in [1.82, 2.24) is 10.2 Å². The number of benzene rings is 1. The molecule has 1 N–H and O–H groups in total. The summed E-state index contributed by atoms with van der Waals surface area (Å²) in [6, 6.07) is 7.47. The number of carbonyl (C=O) groups excluding carboxylic acids is 3. The maximum Gasteiger partial charge on any atom is 0.257 e. The van der Waals surface area contributed by atoms with E-state index in [4.69, 9.17) is 9.47 Å². The standard InChI is InChI=1S/C29H38N2O5/c1-28(2)13-19-26(21(32)15-28)25(18-9-7-8-10-23(18)36-17-24(34)30-5)27-20(31(19)11-12-35-6)14-29(3,4)16-22(27)33/h7-10,25H,11-17H2,1-6H3,(H,30,34). The van der Waals surface area contributed by atoms with Crippen molar-refractivity contribution in [2.45, 2.75) is 59.3 Å². The summed E-state index contributed by atoms with van der Waals surface area (Å²) in [5.41, 5.74) is 3.74. The Hall–Kier alpha value is -2.93. The molecule has 7 nitrogen and oxygen atoms in total. The van der Waals surface area contributed by atoms with Gasteiger partial charge in [0.05, 0.1) is 6.61 Å². The fourth-order valence-corrected chi connectivity index (χ4v) is 5.88. The number of hydrogen-bond acceptors (Lipinski definition) is 6. The second kappa shape index (κ2) is 9.85. The van der Waals surface area contributed by atoms with Gasteiger partial charge in [-0.1, -0.05) is 45.9 Å². The predicted octanol–water partition coefficient (Wildman–Crippen LogP) is 4.14. The molecular weight excluding hydrogens is 456 g/mol. The van der Waals surface area contributed by atoms with Crippen molar-refractivity contribution in [3.63, 3.8) is 0 Å². The Bertz CT molecular complexity index is 1090. The van der Waals surface area contributed by atoms with Crippen LogP contribution < -0.4 is 10.1 Å². The molecule has 3 aliphatic rings. The van der Waals surface area contributed by atoms with Gasteiger partial charge >= 0.3 is 0 Å². The zero-order chi connectivity index (χ0) is 26.3. The number of amides is 1. The number of methoxy groups -OCH3 is 1. The Balaban J connectivity index is 1.94. The van der Waals surface area contributed by atoms with Crippen molar-refractivity contribution in [3.8, 4) is 5.75 Å². The van der Waals surface area contributed by atoms with Crippen LogP contribution in [0.3, 0.4) is 0 Å². The fourth-order valence-electron chi connectivity index (χ4n) is 5.88. The van der Waals surface area contributed by atoms with Crippen LogP contribution >= 0.6 is 0 Å². The largest absolute Gasteiger partial charge is 0.483 e. The average Bonchev–Trinajstić information content (AvgIpc) is 2.79. The molecule has 7 heteroatoms. The Kier molecular flexibility index (Phi) is 7.15. The number of Topliss-reactive ketones (excluding diaryl/α,β-unsaturated/α-hetero) is 2. The molecule has 36 heavy (non-hydrogen) atoms. The lowest BCUT2D eigenvalue weighted by atomic mass is 9.63. The highest BCUT2D eigenvalue weighted by molar-refractivity contribution is 6.07. The first-order valence-corrected chi connectivity index (χ1v) is 12.7. The van der Waals surface area contributed by atoms with Crippen LogP contribution in [0.15, 0.2) is 46.8 Å². The molecule has 0 atom stereocenters. The summed E-state index contributed by atoms with van der Waals surface area (Å²) in [6.07, 6.45) is 2.32. The van der Waals surface area contributed by atoms with Crippen LogP contribution in [0, 0.1) is 10.8 Å². The van der Waals surface area contributed by atoms with Crippen LogP contribution in [0.25, 0.3) is 0 Å². The van der Waals surface area contributed by atoms with Crippen LogP contribution in [0.2, 0.25) is 0 Å². The van der Waals surface area contributed by atoms with E-state index in [2.05, 4.69) is 37.9 Å². The maximum atomic E-state index is 13.8. The zero-order valence-electron chi connectivity index (χ0n) is 22.3. The Morgan fingerprint density at radius 1 is 0.972 bits per heavy atom. The summed E-state index contributed by atoms with van der Waals surface area (Å²) in [5.74, 6) is -0.102. The molecule has 0 saturated heterocycles. The van der Waals surface area contributed by atoms with E-state index in [1.165, 1.54) is 0 Å². The minimum atomic E-state index is -0.512. The van der Waals surface area contributed by atoms with Gasteiger partial charge in [-0.25, -0.2) is 0 Å². The SMILES string of the molecule is CNC(=O)COc1ccccc1C1C2=C(CC(C)(C)CC2=O)N(CCOC)C2=C1C(=O)CC(C)(C)C2. The molecule has 0 spiro atoms. The van der Waals surface area contributed by atoms with E-state index in [1.807, 2.05) is 24.3 Å². The van der Waals surface area contributed by atoms with Crippen molar-refractivity contribution >= 4 is 17.5 Å². The van der Waals surface area contributed by atoms with Crippen molar-refractivity contribution < 1.29 is 23.9 Å². The van der Waals surface area contributed by atoms with E-state index < -0.39 is 5.92 Å². The molecule has 194 valence electrons. The number of carbonyl (C=O) groups is 3. The third-order valence-corrected chi connectivity index (χ3v) is 7.41. The van der Waals surface area contributed by atoms with Crippen molar-refractivity contribution in [2.24, 2.45) is 10.8 Å². The topological polar surface area (TPSA) is 84.9 Å². The van der Waals surface area contributed by atoms with Gasteiger partial charge in [-0.2, -0.15) is 0 Å². The maximum absolute atomic E-state index is 13.8. The fraction of sp³-hybridized carbons (Fsp3) is 0.552. The first-order chi connectivity index (χ1) is 17.0. The number of hydrogen-bond donors (Lipinski definition) is 1. The minimum absolute atomic E-state index is 0.0685. The van der Waals surface area contributed by atoms with Gasteiger partial charge in [0.2, 0.25) is 0 Å². The molecule has 0 unspecified atom stereocenters. The highest BCUT2D eigenvalue weighted by Crippen LogP contribution is 2.55. The summed E-state index contributed by atoms with van der Waals surface area (Å²) in [7, 11) is 3.23. The van der Waals surface area contributed by atoms with Gasteiger partial charge in [0, 0.05) is 67.6 Å². The Morgan fingerprint density at radius 3 is 2.06 bits per heavy atom. The van der Waals surface area contributed by atoms with Crippen LogP contribution in [0.4, 0.5) is 0 Å². The third kappa shape index (κ3) is 4.99. The molecule has 1 heterocycles. The predicted molar refractivity (Wildman–Crippen MR) is 137 cm³/mol. The van der Waals surface area contributed by atoms with Crippen LogP contribution in [-0.2, 0) is 19.1 Å². The zero-order valence-corrected chi connectivity index (χ0v) is 22.3. The highest BCUT2D eigenvalue weighted by Gasteiger charge is 2.49. The molecular formula is C29H38N2O5. The van der Waals surface area contributed by atoms with Gasteiger partial charge in [0.25, 0.3) is 5.91 Å². The summed E-state index contributed by atoms with van der Waals surface area (Å²) >= 11 is 0. The molecule has 2 aliphatic carbocycles. The van der Waals surface area contributed by atoms with Gasteiger partial charge in [-0.05, 0) is 29.7 Å². The van der Waals surface area contributed by atoms with E-state index in [-0.39, 0.29) is 34.9 Å². The number of allylic oxidation sites excluding steroid dienone is 4. The number of ether oxygens (including phenoxy) is 2. The van der Waals surface area contributed by atoms with Gasteiger partial charge in [-0.3, -0.25) is 14.4 Å². The quantitative estimate of drug-likeness (QED) is 0.613. The number of para-hydroxylation sites is 1. The molecule has 1 aliphatic heterocycles. The molecule has 0 fully saturated rings. The monoisotopic (exact) mass is 494 g/mol. The van der Waals surface area contributed by atoms with Gasteiger partial charge in [-0.15, -0.1) is 0 Å². The third-order valence-electron chi connectivity index (χ3n) is 7.41. The Morgan fingerprint density at radius 2 is 1.53 bits per heavy atom. The highest BCUT2D eigenvalue weighted by atomic mass is 16.5. The molecule has 4 rings (SSSR count). The number of rotatable bonds is 7. The van der Waals surface area contributed by atoms with Crippen molar-refractivity contribution in [3.05, 3.63) is 52.4 Å².